The second-order valence-electron chi connectivity index (χ2n) is 5.13. The molecule has 0 amide bonds. The summed E-state index contributed by atoms with van der Waals surface area (Å²) in [4.78, 5) is 4.32. The first-order valence-electron chi connectivity index (χ1n) is 6.80. The SMILES string of the molecule is Brc1ccc(-c2cncn2CC2CCNCC2)cc1. The zero-order chi connectivity index (χ0) is 13.1. The molecule has 2 heterocycles. The number of hydrogen-bond donors (Lipinski definition) is 1. The average molecular weight is 320 g/mol. The molecule has 2 aromatic rings. The number of halogens is 1. The van der Waals surface area contributed by atoms with E-state index in [0.29, 0.717) is 0 Å². The Morgan fingerprint density at radius 1 is 1.21 bits per heavy atom. The second kappa shape index (κ2) is 5.88. The van der Waals surface area contributed by atoms with Gasteiger partial charge in [0.05, 0.1) is 18.2 Å². The highest BCUT2D eigenvalue weighted by Crippen LogP contribution is 2.23. The van der Waals surface area contributed by atoms with Gasteiger partial charge in [-0.05, 0) is 49.5 Å². The molecule has 1 saturated heterocycles. The lowest BCUT2D eigenvalue weighted by atomic mass is 9.98. The third-order valence-electron chi connectivity index (χ3n) is 3.77. The summed E-state index contributed by atoms with van der Waals surface area (Å²) in [5.74, 6) is 0.768. The minimum absolute atomic E-state index is 0.768. The van der Waals surface area contributed by atoms with Gasteiger partial charge in [0, 0.05) is 11.0 Å². The molecule has 1 aromatic carbocycles. The summed E-state index contributed by atoms with van der Waals surface area (Å²) >= 11 is 3.48. The molecule has 19 heavy (non-hydrogen) atoms. The average Bonchev–Trinajstić information content (AvgIpc) is 2.89. The molecule has 3 rings (SSSR count). The van der Waals surface area contributed by atoms with Gasteiger partial charge in [0.2, 0.25) is 0 Å². The monoisotopic (exact) mass is 319 g/mol. The molecular formula is C15H18BrN3. The number of rotatable bonds is 3. The lowest BCUT2D eigenvalue weighted by molar-refractivity contribution is 0.334. The molecule has 0 spiro atoms. The maximum Gasteiger partial charge on any atom is 0.0951 e. The van der Waals surface area contributed by atoms with Crippen LogP contribution in [0.2, 0.25) is 0 Å². The van der Waals surface area contributed by atoms with Crippen LogP contribution >= 0.6 is 15.9 Å². The van der Waals surface area contributed by atoms with Gasteiger partial charge in [-0.3, -0.25) is 0 Å². The Labute approximate surface area is 122 Å². The fourth-order valence-corrected chi connectivity index (χ4v) is 2.93. The molecule has 1 fully saturated rings. The van der Waals surface area contributed by atoms with E-state index in [1.165, 1.54) is 24.1 Å². The molecule has 0 bridgehead atoms. The van der Waals surface area contributed by atoms with E-state index in [0.717, 1.165) is 30.0 Å². The smallest absolute Gasteiger partial charge is 0.0951 e. The molecule has 0 atom stereocenters. The summed E-state index contributed by atoms with van der Waals surface area (Å²) in [6, 6.07) is 8.44. The van der Waals surface area contributed by atoms with Crippen LogP contribution in [0.3, 0.4) is 0 Å². The number of nitrogens with one attached hydrogen (secondary N) is 1. The van der Waals surface area contributed by atoms with Crippen LogP contribution in [-0.4, -0.2) is 22.6 Å². The summed E-state index contributed by atoms with van der Waals surface area (Å²) in [6.07, 6.45) is 6.44. The van der Waals surface area contributed by atoms with Crippen molar-refractivity contribution < 1.29 is 0 Å². The van der Waals surface area contributed by atoms with Gasteiger partial charge in [0.15, 0.2) is 0 Å². The highest BCUT2D eigenvalue weighted by molar-refractivity contribution is 9.10. The van der Waals surface area contributed by atoms with Crippen molar-refractivity contribution in [3.63, 3.8) is 0 Å². The Morgan fingerprint density at radius 3 is 2.68 bits per heavy atom. The summed E-state index contributed by atoms with van der Waals surface area (Å²) in [7, 11) is 0. The number of nitrogens with zero attached hydrogens (tertiary/aromatic N) is 2. The van der Waals surface area contributed by atoms with Gasteiger partial charge >= 0.3 is 0 Å². The van der Waals surface area contributed by atoms with E-state index >= 15 is 0 Å². The van der Waals surface area contributed by atoms with Gasteiger partial charge in [0.25, 0.3) is 0 Å². The van der Waals surface area contributed by atoms with Crippen LogP contribution in [0.15, 0.2) is 41.3 Å². The molecule has 0 radical (unpaired) electrons. The highest BCUT2D eigenvalue weighted by atomic mass is 79.9. The fourth-order valence-electron chi connectivity index (χ4n) is 2.67. The van der Waals surface area contributed by atoms with Gasteiger partial charge in [-0.1, -0.05) is 28.1 Å². The van der Waals surface area contributed by atoms with Crippen LogP contribution in [0.4, 0.5) is 0 Å². The Bertz CT molecular complexity index is 527. The first-order chi connectivity index (χ1) is 9.33. The van der Waals surface area contributed by atoms with Crippen molar-refractivity contribution in [3.05, 3.63) is 41.3 Å². The highest BCUT2D eigenvalue weighted by Gasteiger charge is 2.15. The first kappa shape index (κ1) is 12.9. The molecule has 0 saturated carbocycles. The third kappa shape index (κ3) is 3.07. The van der Waals surface area contributed by atoms with Gasteiger partial charge in [0.1, 0.15) is 0 Å². The summed E-state index contributed by atoms with van der Waals surface area (Å²) in [6.45, 7) is 3.37. The topological polar surface area (TPSA) is 29.9 Å². The van der Waals surface area contributed by atoms with E-state index in [1.54, 1.807) is 0 Å². The molecule has 1 aromatic heterocycles. The lowest BCUT2D eigenvalue weighted by Gasteiger charge is -2.23. The lowest BCUT2D eigenvalue weighted by Crippen LogP contribution is -2.29. The van der Waals surface area contributed by atoms with Crippen molar-refractivity contribution in [3.8, 4) is 11.3 Å². The van der Waals surface area contributed by atoms with E-state index in [9.17, 15) is 0 Å². The molecule has 1 aliphatic heterocycles. The van der Waals surface area contributed by atoms with Gasteiger partial charge in [-0.15, -0.1) is 0 Å². The number of aromatic nitrogens is 2. The normalized spacial score (nSPS) is 16.7. The Kier molecular flexibility index (Phi) is 3.99. The molecular weight excluding hydrogens is 302 g/mol. The van der Waals surface area contributed by atoms with Crippen LogP contribution in [0.25, 0.3) is 11.3 Å². The van der Waals surface area contributed by atoms with Crippen molar-refractivity contribution in [2.45, 2.75) is 19.4 Å². The standard InChI is InChI=1S/C15H18BrN3/c16-14-3-1-13(2-4-14)15-9-18-11-19(15)10-12-5-7-17-8-6-12/h1-4,9,11-12,17H,5-8,10H2. The van der Waals surface area contributed by atoms with Gasteiger partial charge in [-0.2, -0.15) is 0 Å². The van der Waals surface area contributed by atoms with Crippen LogP contribution in [-0.2, 0) is 6.54 Å². The maximum absolute atomic E-state index is 4.32. The van der Waals surface area contributed by atoms with E-state index in [2.05, 4.69) is 55.1 Å². The van der Waals surface area contributed by atoms with Gasteiger partial charge < -0.3 is 9.88 Å². The van der Waals surface area contributed by atoms with E-state index < -0.39 is 0 Å². The fraction of sp³-hybridized carbons (Fsp3) is 0.400. The number of hydrogen-bond acceptors (Lipinski definition) is 2. The Morgan fingerprint density at radius 2 is 1.95 bits per heavy atom. The zero-order valence-electron chi connectivity index (χ0n) is 10.8. The number of piperidine rings is 1. The van der Waals surface area contributed by atoms with Crippen molar-refractivity contribution >= 4 is 15.9 Å². The summed E-state index contributed by atoms with van der Waals surface area (Å²) < 4.78 is 3.40. The van der Waals surface area contributed by atoms with E-state index in [4.69, 9.17) is 0 Å². The van der Waals surface area contributed by atoms with Crippen molar-refractivity contribution in [2.75, 3.05) is 13.1 Å². The molecule has 1 aliphatic rings. The maximum atomic E-state index is 4.32. The van der Waals surface area contributed by atoms with Crippen LogP contribution in [0, 0.1) is 5.92 Å². The second-order valence-corrected chi connectivity index (χ2v) is 6.05. The first-order valence-corrected chi connectivity index (χ1v) is 7.59. The Balaban J connectivity index is 1.79. The molecule has 4 heteroatoms. The van der Waals surface area contributed by atoms with Crippen molar-refractivity contribution in [1.82, 2.24) is 14.9 Å². The van der Waals surface area contributed by atoms with Crippen LogP contribution in [0.5, 0.6) is 0 Å². The molecule has 0 unspecified atom stereocenters. The number of imidazole rings is 1. The molecule has 100 valence electrons. The van der Waals surface area contributed by atoms with Crippen LogP contribution < -0.4 is 5.32 Å². The summed E-state index contributed by atoms with van der Waals surface area (Å²) in [5.41, 5.74) is 2.45. The molecule has 1 N–H and O–H groups in total. The van der Waals surface area contributed by atoms with Crippen LogP contribution in [0.1, 0.15) is 12.8 Å². The van der Waals surface area contributed by atoms with Crippen molar-refractivity contribution in [2.24, 2.45) is 5.92 Å². The predicted molar refractivity (Wildman–Crippen MR) is 81.0 cm³/mol. The zero-order valence-corrected chi connectivity index (χ0v) is 12.4. The minimum atomic E-state index is 0.768. The van der Waals surface area contributed by atoms with Crippen molar-refractivity contribution in [1.29, 1.82) is 0 Å². The Hall–Kier alpha value is -1.13. The quantitative estimate of drug-likeness (QED) is 0.940. The molecule has 3 nitrogen and oxygen atoms in total. The van der Waals surface area contributed by atoms with E-state index in [-0.39, 0.29) is 0 Å². The summed E-state index contributed by atoms with van der Waals surface area (Å²) in [5, 5.41) is 3.42. The third-order valence-corrected chi connectivity index (χ3v) is 4.29. The van der Waals surface area contributed by atoms with E-state index in [1.807, 2.05) is 12.5 Å². The van der Waals surface area contributed by atoms with Gasteiger partial charge in [-0.25, -0.2) is 4.98 Å². The minimum Gasteiger partial charge on any atom is -0.330 e. The molecule has 0 aliphatic carbocycles. The number of benzene rings is 1. The largest absolute Gasteiger partial charge is 0.330 e. The predicted octanol–water partition coefficient (Wildman–Crippen LogP) is 3.31.